The zero-order chi connectivity index (χ0) is 25.1. The van der Waals surface area contributed by atoms with Crippen molar-refractivity contribution < 1.29 is 19.1 Å². The van der Waals surface area contributed by atoms with E-state index in [1.165, 1.54) is 0 Å². The third-order valence-corrected chi connectivity index (χ3v) is 5.81. The van der Waals surface area contributed by atoms with Crippen molar-refractivity contribution >= 4 is 28.6 Å². The van der Waals surface area contributed by atoms with Gasteiger partial charge in [-0.1, -0.05) is 0 Å². The van der Waals surface area contributed by atoms with Crippen molar-refractivity contribution in [1.82, 2.24) is 24.5 Å². The van der Waals surface area contributed by atoms with Gasteiger partial charge >= 0.3 is 5.97 Å². The summed E-state index contributed by atoms with van der Waals surface area (Å²) in [4.78, 5) is 29.1. The van der Waals surface area contributed by atoms with Gasteiger partial charge in [0, 0.05) is 31.0 Å². The number of nitrogens with zero attached hydrogens (tertiary/aromatic N) is 5. The number of hydrogen-bond donors (Lipinski definition) is 1. The van der Waals surface area contributed by atoms with Crippen LogP contribution in [0.3, 0.4) is 0 Å². The number of carbonyl (C=O) groups is 2. The molecule has 0 aliphatic rings. The van der Waals surface area contributed by atoms with E-state index in [4.69, 9.17) is 9.47 Å². The summed E-state index contributed by atoms with van der Waals surface area (Å²) in [5.41, 5.74) is 5.35. The molecule has 4 rings (SSSR count). The quantitative estimate of drug-likeness (QED) is 0.387. The van der Waals surface area contributed by atoms with Crippen LogP contribution in [0.5, 0.6) is 5.88 Å². The molecule has 3 heterocycles. The van der Waals surface area contributed by atoms with E-state index in [0.717, 1.165) is 33.5 Å². The van der Waals surface area contributed by atoms with Gasteiger partial charge in [-0.05, 0) is 68.7 Å². The summed E-state index contributed by atoms with van der Waals surface area (Å²) in [6.45, 7) is 6.00. The van der Waals surface area contributed by atoms with E-state index < -0.39 is 5.97 Å². The number of ether oxygens (including phenoxy) is 2. The number of nitrogens with one attached hydrogen (secondary N) is 1. The highest BCUT2D eigenvalue weighted by atomic mass is 16.5. The molecule has 3 aromatic heterocycles. The zero-order valence-electron chi connectivity index (χ0n) is 20.5. The second-order valence-corrected chi connectivity index (χ2v) is 8.09. The Bertz CT molecular complexity index is 1390. The van der Waals surface area contributed by atoms with Crippen molar-refractivity contribution in [2.24, 2.45) is 7.05 Å². The fourth-order valence-electron chi connectivity index (χ4n) is 4.05. The molecule has 1 aromatic carbocycles. The minimum atomic E-state index is -0.461. The molecule has 0 unspecified atom stereocenters. The monoisotopic (exact) mass is 476 g/mol. The third kappa shape index (κ3) is 4.86. The van der Waals surface area contributed by atoms with Gasteiger partial charge in [-0.25, -0.2) is 19.1 Å². The number of benzene rings is 1. The van der Waals surface area contributed by atoms with Crippen LogP contribution in [0.2, 0.25) is 0 Å². The first-order valence-electron chi connectivity index (χ1n) is 11.3. The first-order chi connectivity index (χ1) is 16.8. The van der Waals surface area contributed by atoms with Crippen LogP contribution in [0.4, 0.5) is 5.69 Å². The summed E-state index contributed by atoms with van der Waals surface area (Å²) in [6, 6.07) is 8.83. The van der Waals surface area contributed by atoms with Gasteiger partial charge in [0.15, 0.2) is 11.3 Å². The molecule has 0 atom stereocenters. The van der Waals surface area contributed by atoms with Crippen LogP contribution in [0.1, 0.15) is 40.7 Å². The van der Waals surface area contributed by atoms with Crippen LogP contribution < -0.4 is 10.1 Å². The largest absolute Gasteiger partial charge is 0.479 e. The topological polar surface area (TPSA) is 113 Å². The summed E-state index contributed by atoms with van der Waals surface area (Å²) < 4.78 is 13.7. The highest BCUT2D eigenvalue weighted by Gasteiger charge is 2.18. The molecule has 0 aliphatic carbocycles. The molecule has 0 fully saturated rings. The number of hydrogen-bond acceptors (Lipinski definition) is 7. The summed E-state index contributed by atoms with van der Waals surface area (Å²) in [7, 11) is 3.42. The van der Waals surface area contributed by atoms with Gasteiger partial charge in [0.1, 0.15) is 0 Å². The Morgan fingerprint density at radius 3 is 2.51 bits per heavy atom. The number of rotatable bonds is 8. The molecule has 0 aliphatic heterocycles. The molecule has 35 heavy (non-hydrogen) atoms. The van der Waals surface area contributed by atoms with Gasteiger partial charge < -0.3 is 14.8 Å². The normalized spacial score (nSPS) is 11.0. The van der Waals surface area contributed by atoms with Crippen molar-refractivity contribution in [2.75, 3.05) is 19.0 Å². The number of amides is 1. The maximum absolute atomic E-state index is 12.7. The lowest BCUT2D eigenvalue weighted by Crippen LogP contribution is -2.13. The molecule has 0 spiro atoms. The minimum Gasteiger partial charge on any atom is -0.479 e. The van der Waals surface area contributed by atoms with Crippen LogP contribution >= 0.6 is 0 Å². The predicted octanol–water partition coefficient (Wildman–Crippen LogP) is 3.53. The average molecular weight is 477 g/mol. The molecule has 182 valence electrons. The van der Waals surface area contributed by atoms with Crippen molar-refractivity contribution in [3.05, 3.63) is 59.0 Å². The van der Waals surface area contributed by atoms with Crippen LogP contribution in [0.15, 0.2) is 36.5 Å². The molecule has 10 nitrogen and oxygen atoms in total. The van der Waals surface area contributed by atoms with Gasteiger partial charge in [-0.3, -0.25) is 4.79 Å². The van der Waals surface area contributed by atoms with Gasteiger partial charge in [0.2, 0.25) is 11.8 Å². The number of methoxy groups -OCH3 is 1. The number of pyridine rings is 1. The Kier molecular flexibility index (Phi) is 6.81. The number of aryl methyl sites for hydroxylation is 3. The number of fused-ring (bicyclic) bond motifs is 1. The molecular weight excluding hydrogens is 448 g/mol. The molecule has 10 heteroatoms. The average Bonchev–Trinajstić information content (AvgIpc) is 3.45. The molecule has 4 aromatic rings. The second-order valence-electron chi connectivity index (χ2n) is 8.09. The fourth-order valence-corrected chi connectivity index (χ4v) is 4.05. The highest BCUT2D eigenvalue weighted by Crippen LogP contribution is 2.30. The third-order valence-electron chi connectivity index (χ3n) is 5.81. The minimum absolute atomic E-state index is 0.0986. The summed E-state index contributed by atoms with van der Waals surface area (Å²) in [5, 5.41) is 12.4. The number of anilines is 1. The van der Waals surface area contributed by atoms with E-state index in [0.29, 0.717) is 31.0 Å². The van der Waals surface area contributed by atoms with E-state index in [-0.39, 0.29) is 11.6 Å². The van der Waals surface area contributed by atoms with Crippen molar-refractivity contribution in [1.29, 1.82) is 0 Å². The Hall–Kier alpha value is -4.21. The van der Waals surface area contributed by atoms with Crippen molar-refractivity contribution in [2.45, 2.75) is 33.6 Å². The first kappa shape index (κ1) is 23.9. The maximum atomic E-state index is 12.7. The van der Waals surface area contributed by atoms with Gasteiger partial charge in [0.05, 0.1) is 24.8 Å². The summed E-state index contributed by atoms with van der Waals surface area (Å²) >= 11 is 0. The molecular formula is C25H28N6O4. The maximum Gasteiger partial charge on any atom is 0.358 e. The second kappa shape index (κ2) is 9.96. The summed E-state index contributed by atoms with van der Waals surface area (Å²) in [5.74, 6) is -0.0275. The van der Waals surface area contributed by atoms with Crippen LogP contribution in [-0.4, -0.2) is 50.1 Å². The SMILES string of the molecule is CCOC(=O)c1ccn(-c2ccc(NC(=O)CCc3c(C)nc4c(c(OC)nn4C)c3C)cc2)n1. The zero-order valence-corrected chi connectivity index (χ0v) is 20.5. The van der Waals surface area contributed by atoms with Crippen molar-refractivity contribution in [3.63, 3.8) is 0 Å². The molecule has 0 saturated heterocycles. The van der Waals surface area contributed by atoms with E-state index in [1.807, 2.05) is 33.0 Å². The van der Waals surface area contributed by atoms with Crippen LogP contribution in [0, 0.1) is 13.8 Å². The Balaban J connectivity index is 1.41. The van der Waals surface area contributed by atoms with E-state index in [9.17, 15) is 9.59 Å². The van der Waals surface area contributed by atoms with E-state index in [1.54, 1.807) is 47.8 Å². The predicted molar refractivity (Wildman–Crippen MR) is 131 cm³/mol. The van der Waals surface area contributed by atoms with Gasteiger partial charge in [-0.15, -0.1) is 5.10 Å². The molecule has 1 N–H and O–H groups in total. The van der Waals surface area contributed by atoms with E-state index in [2.05, 4.69) is 20.5 Å². The first-order valence-corrected chi connectivity index (χ1v) is 11.3. The lowest BCUT2D eigenvalue weighted by Gasteiger charge is -2.12. The lowest BCUT2D eigenvalue weighted by atomic mass is 10.00. The number of carbonyl (C=O) groups excluding carboxylic acids is 2. The Morgan fingerprint density at radius 2 is 1.83 bits per heavy atom. The molecule has 0 saturated carbocycles. The fraction of sp³-hybridized carbons (Fsp3) is 0.320. The number of aromatic nitrogens is 5. The highest BCUT2D eigenvalue weighted by molar-refractivity contribution is 5.91. The molecule has 0 radical (unpaired) electrons. The molecule has 1 amide bonds. The van der Waals surface area contributed by atoms with Crippen LogP contribution in [0.25, 0.3) is 16.7 Å². The lowest BCUT2D eigenvalue weighted by molar-refractivity contribution is -0.116. The Labute approximate surface area is 202 Å². The molecule has 0 bridgehead atoms. The number of esters is 1. The van der Waals surface area contributed by atoms with Gasteiger partial charge in [-0.2, -0.15) is 5.10 Å². The Morgan fingerprint density at radius 1 is 1.09 bits per heavy atom. The van der Waals surface area contributed by atoms with Gasteiger partial charge in [0.25, 0.3) is 0 Å². The standard InChI is InChI=1S/C25H28N6O4/c1-6-35-25(33)20-13-14-31(28-20)18-9-7-17(8-10-18)27-21(32)12-11-19-15(2)22-23(26-16(19)3)30(4)29-24(22)34-5/h7-10,13-14H,6,11-12H2,1-5H3,(H,27,32). The smallest absolute Gasteiger partial charge is 0.358 e. The van der Waals surface area contributed by atoms with E-state index >= 15 is 0 Å². The van der Waals surface area contributed by atoms with Crippen molar-refractivity contribution in [3.8, 4) is 11.6 Å². The summed E-state index contributed by atoms with van der Waals surface area (Å²) in [6.07, 6.45) is 2.54. The van der Waals surface area contributed by atoms with Crippen LogP contribution in [-0.2, 0) is 23.0 Å².